The first-order valence-electron chi connectivity index (χ1n) is 5.02. The predicted octanol–water partition coefficient (Wildman–Crippen LogP) is 2.03. The lowest BCUT2D eigenvalue weighted by molar-refractivity contribution is -0.108. The Hall–Kier alpha value is -1.53. The second-order valence-electron chi connectivity index (χ2n) is 3.40. The minimum atomic E-state index is -1.19. The Morgan fingerprint density at radius 3 is 2.78 bits per heavy atom. The van der Waals surface area contributed by atoms with Crippen LogP contribution in [0.1, 0.15) is 6.42 Å². The van der Waals surface area contributed by atoms with E-state index >= 15 is 0 Å². The van der Waals surface area contributed by atoms with Crippen molar-refractivity contribution in [1.29, 1.82) is 0 Å². The number of aromatic nitrogens is 1. The third-order valence-corrected chi connectivity index (χ3v) is 2.56. The zero-order valence-corrected chi connectivity index (χ0v) is 10.7. The Morgan fingerprint density at radius 1 is 1.50 bits per heavy atom. The van der Waals surface area contributed by atoms with Gasteiger partial charge in [0, 0.05) is 13.0 Å². The van der Waals surface area contributed by atoms with Gasteiger partial charge < -0.3 is 20.5 Å². The number of anilines is 1. The zero-order chi connectivity index (χ0) is 13.5. The van der Waals surface area contributed by atoms with E-state index in [9.17, 15) is 9.59 Å². The van der Waals surface area contributed by atoms with Crippen molar-refractivity contribution in [2.24, 2.45) is 0 Å². The topological polar surface area (TPSA) is 91.3 Å². The summed E-state index contributed by atoms with van der Waals surface area (Å²) in [7, 11) is 0. The molecular formula is C10H11Cl2N3O3. The average Bonchev–Trinajstić information content (AvgIpc) is 2.27. The van der Waals surface area contributed by atoms with Gasteiger partial charge in [-0.15, -0.1) is 0 Å². The maximum absolute atomic E-state index is 10.5. The Bertz CT molecular complexity index is 442. The van der Waals surface area contributed by atoms with Crippen LogP contribution in [0.4, 0.5) is 10.5 Å². The third-order valence-electron chi connectivity index (χ3n) is 2.06. The van der Waals surface area contributed by atoms with Crippen LogP contribution in [-0.4, -0.2) is 35.1 Å². The lowest BCUT2D eigenvalue weighted by Gasteiger charge is -2.16. The van der Waals surface area contributed by atoms with E-state index in [1.165, 1.54) is 0 Å². The first kappa shape index (κ1) is 14.5. The molecule has 1 aromatic rings. The van der Waals surface area contributed by atoms with Crippen molar-refractivity contribution >= 4 is 41.3 Å². The number of hydrogen-bond acceptors (Lipinski definition) is 4. The minimum Gasteiger partial charge on any atom is -0.465 e. The number of halogens is 2. The fourth-order valence-corrected chi connectivity index (χ4v) is 1.67. The maximum Gasteiger partial charge on any atom is 0.404 e. The van der Waals surface area contributed by atoms with Crippen molar-refractivity contribution in [2.45, 2.75) is 12.5 Å². The molecule has 8 heteroatoms. The summed E-state index contributed by atoms with van der Waals surface area (Å²) in [6, 6.07) is 2.64. The molecule has 3 N–H and O–H groups in total. The van der Waals surface area contributed by atoms with Crippen molar-refractivity contribution in [3.05, 3.63) is 22.4 Å². The minimum absolute atomic E-state index is 0.0674. The Kier molecular flexibility index (Phi) is 5.67. The van der Waals surface area contributed by atoms with Gasteiger partial charge in [-0.1, -0.05) is 23.2 Å². The number of amides is 1. The summed E-state index contributed by atoms with van der Waals surface area (Å²) >= 11 is 11.5. The van der Waals surface area contributed by atoms with Crippen LogP contribution in [0.3, 0.4) is 0 Å². The van der Waals surface area contributed by atoms with Gasteiger partial charge in [0.05, 0.1) is 11.7 Å². The highest BCUT2D eigenvalue weighted by Gasteiger charge is 2.11. The normalized spacial score (nSPS) is 11.7. The zero-order valence-electron chi connectivity index (χ0n) is 9.19. The van der Waals surface area contributed by atoms with Gasteiger partial charge in [0.25, 0.3) is 0 Å². The molecule has 1 unspecified atom stereocenters. The lowest BCUT2D eigenvalue weighted by atomic mass is 10.2. The van der Waals surface area contributed by atoms with Gasteiger partial charge in [0.2, 0.25) is 0 Å². The van der Waals surface area contributed by atoms with E-state index in [0.717, 1.165) is 0 Å². The Morgan fingerprint density at radius 2 is 2.22 bits per heavy atom. The lowest BCUT2D eigenvalue weighted by Crippen LogP contribution is -2.39. The van der Waals surface area contributed by atoms with E-state index in [4.69, 9.17) is 28.3 Å². The summed E-state index contributed by atoms with van der Waals surface area (Å²) < 4.78 is 0. The molecule has 0 saturated heterocycles. The average molecular weight is 292 g/mol. The molecule has 1 heterocycles. The molecule has 0 aliphatic carbocycles. The molecule has 0 aliphatic heterocycles. The molecule has 0 radical (unpaired) electrons. The van der Waals surface area contributed by atoms with Crippen LogP contribution in [0.15, 0.2) is 12.1 Å². The monoisotopic (exact) mass is 291 g/mol. The highest BCUT2D eigenvalue weighted by atomic mass is 35.5. The number of carboxylic acid groups (broad SMARTS) is 1. The fraction of sp³-hybridized carbons (Fsp3) is 0.300. The maximum atomic E-state index is 10.5. The van der Waals surface area contributed by atoms with Gasteiger partial charge in [0.15, 0.2) is 5.15 Å². The van der Waals surface area contributed by atoms with Crippen LogP contribution in [0.2, 0.25) is 10.3 Å². The van der Waals surface area contributed by atoms with Crippen molar-refractivity contribution < 1.29 is 14.7 Å². The molecule has 1 atom stereocenters. The number of nitrogens with one attached hydrogen (secondary N) is 2. The summed E-state index contributed by atoms with van der Waals surface area (Å²) in [5, 5.41) is 14.1. The van der Waals surface area contributed by atoms with Crippen LogP contribution in [0.25, 0.3) is 0 Å². The van der Waals surface area contributed by atoms with Gasteiger partial charge >= 0.3 is 6.09 Å². The standard InChI is InChI=1S/C10H11Cl2N3O3/c11-8-2-1-7(9(12)15-8)13-5-6(3-4-16)14-10(17)18/h1-2,4,6,13-14H,3,5H2,(H,17,18). The molecule has 1 aromatic heterocycles. The van der Waals surface area contributed by atoms with E-state index in [2.05, 4.69) is 15.6 Å². The summed E-state index contributed by atoms with van der Waals surface area (Å²) in [6.07, 6.45) is -0.481. The third kappa shape index (κ3) is 4.77. The summed E-state index contributed by atoms with van der Waals surface area (Å²) in [6.45, 7) is 0.216. The van der Waals surface area contributed by atoms with Gasteiger partial charge in [-0.2, -0.15) is 0 Å². The van der Waals surface area contributed by atoms with Gasteiger partial charge in [-0.3, -0.25) is 0 Å². The van der Waals surface area contributed by atoms with Crippen LogP contribution in [0, 0.1) is 0 Å². The summed E-state index contributed by atoms with van der Waals surface area (Å²) in [5.41, 5.74) is 0.518. The van der Waals surface area contributed by atoms with Crippen molar-refractivity contribution in [3.8, 4) is 0 Å². The smallest absolute Gasteiger partial charge is 0.404 e. The summed E-state index contributed by atoms with van der Waals surface area (Å²) in [4.78, 5) is 24.7. The van der Waals surface area contributed by atoms with Crippen LogP contribution in [-0.2, 0) is 4.79 Å². The SMILES string of the molecule is O=CCC(CNc1ccc(Cl)nc1Cl)NC(=O)O. The summed E-state index contributed by atoms with van der Waals surface area (Å²) in [5.74, 6) is 0. The second kappa shape index (κ2) is 7.03. The van der Waals surface area contributed by atoms with E-state index < -0.39 is 12.1 Å². The fourth-order valence-electron chi connectivity index (χ4n) is 1.26. The number of carbonyl (C=O) groups excluding carboxylic acids is 1. The molecule has 1 amide bonds. The number of aldehydes is 1. The number of rotatable bonds is 6. The number of carbonyl (C=O) groups is 2. The van der Waals surface area contributed by atoms with Crippen LogP contribution < -0.4 is 10.6 Å². The molecule has 18 heavy (non-hydrogen) atoms. The molecule has 0 aromatic carbocycles. The molecule has 0 saturated carbocycles. The van der Waals surface area contributed by atoms with E-state index in [1.54, 1.807) is 12.1 Å². The van der Waals surface area contributed by atoms with Gasteiger partial charge in [0.1, 0.15) is 11.4 Å². The van der Waals surface area contributed by atoms with Crippen molar-refractivity contribution in [2.75, 3.05) is 11.9 Å². The van der Waals surface area contributed by atoms with E-state index in [1.807, 2.05) is 0 Å². The second-order valence-corrected chi connectivity index (χ2v) is 4.15. The predicted molar refractivity (Wildman–Crippen MR) is 68.4 cm³/mol. The van der Waals surface area contributed by atoms with Crippen LogP contribution in [0.5, 0.6) is 0 Å². The Balaban J connectivity index is 2.60. The highest BCUT2D eigenvalue weighted by Crippen LogP contribution is 2.21. The van der Waals surface area contributed by atoms with Gasteiger partial charge in [-0.05, 0) is 12.1 Å². The van der Waals surface area contributed by atoms with E-state index in [-0.39, 0.29) is 23.3 Å². The molecule has 0 spiro atoms. The molecule has 0 aliphatic rings. The molecule has 1 rings (SSSR count). The van der Waals surface area contributed by atoms with Crippen molar-refractivity contribution in [1.82, 2.24) is 10.3 Å². The van der Waals surface area contributed by atoms with Crippen molar-refractivity contribution in [3.63, 3.8) is 0 Å². The van der Waals surface area contributed by atoms with Crippen LogP contribution >= 0.6 is 23.2 Å². The Labute approximate surface area is 113 Å². The quantitative estimate of drug-likeness (QED) is 0.551. The number of pyridine rings is 1. The molecule has 0 bridgehead atoms. The highest BCUT2D eigenvalue weighted by molar-refractivity contribution is 6.34. The largest absolute Gasteiger partial charge is 0.465 e. The number of hydrogen-bond donors (Lipinski definition) is 3. The number of nitrogens with zero attached hydrogens (tertiary/aromatic N) is 1. The van der Waals surface area contributed by atoms with Gasteiger partial charge in [-0.25, -0.2) is 9.78 Å². The first-order chi connectivity index (χ1) is 8.52. The molecule has 0 fully saturated rings. The van der Waals surface area contributed by atoms with E-state index in [0.29, 0.717) is 12.0 Å². The molecule has 6 nitrogen and oxygen atoms in total. The first-order valence-corrected chi connectivity index (χ1v) is 5.77. The molecule has 98 valence electrons. The molecular weight excluding hydrogens is 281 g/mol.